The van der Waals surface area contributed by atoms with Gasteiger partial charge in [-0.2, -0.15) is 0 Å². The van der Waals surface area contributed by atoms with Crippen molar-refractivity contribution in [2.45, 2.75) is 25.4 Å². The number of ether oxygens (including phenoxy) is 2. The summed E-state index contributed by atoms with van der Waals surface area (Å²) in [6.45, 7) is 2.29. The lowest BCUT2D eigenvalue weighted by Gasteiger charge is -2.12. The van der Waals surface area contributed by atoms with E-state index in [1.807, 2.05) is 42.5 Å². The molecule has 2 aromatic carbocycles. The minimum atomic E-state index is -0.0244. The summed E-state index contributed by atoms with van der Waals surface area (Å²) in [5, 5.41) is 6.02. The number of hydrogen-bond acceptors (Lipinski definition) is 4. The van der Waals surface area contributed by atoms with Gasteiger partial charge in [0.1, 0.15) is 5.75 Å². The molecule has 5 nitrogen and oxygen atoms in total. The van der Waals surface area contributed by atoms with Gasteiger partial charge in [-0.05, 0) is 42.7 Å². The van der Waals surface area contributed by atoms with Gasteiger partial charge in [0.2, 0.25) is 5.91 Å². The zero-order valence-electron chi connectivity index (χ0n) is 14.9. The molecular formula is C21H26N2O3. The second kappa shape index (κ2) is 9.82. The first-order valence-corrected chi connectivity index (χ1v) is 9.18. The summed E-state index contributed by atoms with van der Waals surface area (Å²) < 4.78 is 11.3. The fourth-order valence-corrected chi connectivity index (χ4v) is 2.88. The van der Waals surface area contributed by atoms with E-state index in [1.54, 1.807) is 0 Å². The van der Waals surface area contributed by atoms with E-state index in [0.717, 1.165) is 37.3 Å². The topological polar surface area (TPSA) is 59.6 Å². The third kappa shape index (κ3) is 6.08. The molecule has 1 heterocycles. The molecule has 0 radical (unpaired) electrons. The third-order valence-electron chi connectivity index (χ3n) is 4.36. The molecule has 1 fully saturated rings. The second-order valence-electron chi connectivity index (χ2n) is 6.40. The molecule has 2 N–H and O–H groups in total. The number of rotatable bonds is 9. The van der Waals surface area contributed by atoms with Crippen LogP contribution in [0.1, 0.15) is 18.4 Å². The largest absolute Gasteiger partial charge is 0.493 e. The van der Waals surface area contributed by atoms with E-state index in [0.29, 0.717) is 13.2 Å². The highest BCUT2D eigenvalue weighted by atomic mass is 16.5. The highest BCUT2D eigenvalue weighted by Crippen LogP contribution is 2.16. The van der Waals surface area contributed by atoms with E-state index < -0.39 is 0 Å². The molecule has 1 aliphatic heterocycles. The normalized spacial score (nSPS) is 16.2. The van der Waals surface area contributed by atoms with Crippen molar-refractivity contribution in [3.05, 3.63) is 60.2 Å². The predicted molar refractivity (Wildman–Crippen MR) is 103 cm³/mol. The maximum atomic E-state index is 11.9. The van der Waals surface area contributed by atoms with Crippen LogP contribution in [0.5, 0.6) is 5.75 Å². The molecule has 138 valence electrons. The molecule has 0 bridgehead atoms. The number of hydrogen-bond donors (Lipinski definition) is 2. The van der Waals surface area contributed by atoms with Crippen LogP contribution in [0.4, 0.5) is 5.69 Å². The maximum absolute atomic E-state index is 11.9. The average molecular weight is 354 g/mol. The Morgan fingerprint density at radius 2 is 1.92 bits per heavy atom. The van der Waals surface area contributed by atoms with Gasteiger partial charge in [-0.1, -0.05) is 30.3 Å². The zero-order chi connectivity index (χ0) is 18.0. The first kappa shape index (κ1) is 18.3. The van der Waals surface area contributed by atoms with Crippen molar-refractivity contribution in [3.8, 4) is 5.75 Å². The minimum Gasteiger partial charge on any atom is -0.493 e. The van der Waals surface area contributed by atoms with E-state index in [-0.39, 0.29) is 18.6 Å². The smallest absolute Gasteiger partial charge is 0.239 e. The molecule has 1 saturated heterocycles. The highest BCUT2D eigenvalue weighted by molar-refractivity contribution is 5.80. The van der Waals surface area contributed by atoms with Gasteiger partial charge in [-0.25, -0.2) is 0 Å². The Hall–Kier alpha value is -2.53. The lowest BCUT2D eigenvalue weighted by Crippen LogP contribution is -2.35. The zero-order valence-corrected chi connectivity index (χ0v) is 14.9. The first-order chi connectivity index (χ1) is 12.8. The van der Waals surface area contributed by atoms with E-state index >= 15 is 0 Å². The van der Waals surface area contributed by atoms with E-state index in [1.165, 1.54) is 5.56 Å². The van der Waals surface area contributed by atoms with Crippen molar-refractivity contribution >= 4 is 11.6 Å². The van der Waals surface area contributed by atoms with Crippen LogP contribution in [0.15, 0.2) is 54.6 Å². The van der Waals surface area contributed by atoms with Crippen molar-refractivity contribution in [2.75, 3.05) is 31.6 Å². The molecule has 5 heteroatoms. The van der Waals surface area contributed by atoms with E-state index in [2.05, 4.69) is 22.8 Å². The Bertz CT molecular complexity index is 667. The Morgan fingerprint density at radius 1 is 1.12 bits per heavy atom. The van der Waals surface area contributed by atoms with Crippen LogP contribution in [0.25, 0.3) is 0 Å². The van der Waals surface area contributed by atoms with Crippen molar-refractivity contribution in [1.29, 1.82) is 0 Å². The fraction of sp³-hybridized carbons (Fsp3) is 0.381. The summed E-state index contributed by atoms with van der Waals surface area (Å²) in [5.41, 5.74) is 2.16. The maximum Gasteiger partial charge on any atom is 0.239 e. The molecule has 1 unspecified atom stereocenters. The fourth-order valence-electron chi connectivity index (χ4n) is 2.88. The highest BCUT2D eigenvalue weighted by Gasteiger charge is 2.15. The van der Waals surface area contributed by atoms with E-state index in [9.17, 15) is 4.79 Å². The summed E-state index contributed by atoms with van der Waals surface area (Å²) in [5.74, 6) is 0.804. The van der Waals surface area contributed by atoms with Gasteiger partial charge in [-0.3, -0.25) is 4.79 Å². The molecule has 26 heavy (non-hydrogen) atoms. The summed E-state index contributed by atoms with van der Waals surface area (Å²) in [4.78, 5) is 11.9. The van der Waals surface area contributed by atoms with Gasteiger partial charge in [0.15, 0.2) is 0 Å². The second-order valence-corrected chi connectivity index (χ2v) is 6.40. The molecule has 2 aromatic rings. The van der Waals surface area contributed by atoms with Crippen LogP contribution < -0.4 is 15.4 Å². The van der Waals surface area contributed by atoms with Crippen molar-refractivity contribution in [2.24, 2.45) is 0 Å². The lowest BCUT2D eigenvalue weighted by atomic mass is 10.2. The molecule has 0 spiro atoms. The Labute approximate surface area is 154 Å². The number of amides is 1. The van der Waals surface area contributed by atoms with Crippen LogP contribution in [0.3, 0.4) is 0 Å². The molecule has 0 aromatic heterocycles. The molecule has 3 rings (SSSR count). The summed E-state index contributed by atoms with van der Waals surface area (Å²) in [6.07, 6.45) is 3.16. The average Bonchev–Trinajstić information content (AvgIpc) is 3.20. The quantitative estimate of drug-likeness (QED) is 0.727. The third-order valence-corrected chi connectivity index (χ3v) is 4.36. The number of carbonyl (C=O) groups excluding carboxylic acids is 1. The van der Waals surface area contributed by atoms with Gasteiger partial charge in [0, 0.05) is 25.3 Å². The molecule has 0 saturated carbocycles. The Morgan fingerprint density at radius 3 is 2.65 bits per heavy atom. The Balaban J connectivity index is 1.33. The Kier molecular flexibility index (Phi) is 6.90. The molecule has 1 atom stereocenters. The predicted octanol–water partition coefficient (Wildman–Crippen LogP) is 3.02. The van der Waals surface area contributed by atoms with Crippen molar-refractivity contribution in [3.63, 3.8) is 0 Å². The van der Waals surface area contributed by atoms with Gasteiger partial charge in [-0.15, -0.1) is 0 Å². The summed E-state index contributed by atoms with van der Waals surface area (Å²) >= 11 is 0. The molecular weight excluding hydrogens is 328 g/mol. The number of nitrogens with one attached hydrogen (secondary N) is 2. The van der Waals surface area contributed by atoms with Crippen LogP contribution >= 0.6 is 0 Å². The summed E-state index contributed by atoms with van der Waals surface area (Å²) in [7, 11) is 0. The van der Waals surface area contributed by atoms with Crippen LogP contribution in [-0.2, 0) is 16.0 Å². The van der Waals surface area contributed by atoms with Crippen LogP contribution in [0.2, 0.25) is 0 Å². The van der Waals surface area contributed by atoms with Gasteiger partial charge in [0.25, 0.3) is 0 Å². The number of anilines is 1. The number of benzene rings is 2. The SMILES string of the molecule is O=C(CNc1ccc(OCCc2ccccc2)cc1)NCC1CCCO1. The standard InChI is InChI=1S/C21H26N2O3/c24-21(23-15-20-7-4-13-25-20)16-22-18-8-10-19(11-9-18)26-14-12-17-5-2-1-3-6-17/h1-3,5-6,8-11,20,22H,4,7,12-16H2,(H,23,24). The minimum absolute atomic E-state index is 0.0244. The molecule has 0 aliphatic carbocycles. The van der Waals surface area contributed by atoms with Crippen molar-refractivity contribution in [1.82, 2.24) is 5.32 Å². The molecule has 1 aliphatic rings. The lowest BCUT2D eigenvalue weighted by molar-refractivity contribution is -0.119. The van der Waals surface area contributed by atoms with Gasteiger partial charge in [0.05, 0.1) is 19.3 Å². The van der Waals surface area contributed by atoms with Gasteiger partial charge < -0.3 is 20.1 Å². The molecule has 1 amide bonds. The van der Waals surface area contributed by atoms with Crippen LogP contribution in [0, 0.1) is 0 Å². The van der Waals surface area contributed by atoms with E-state index in [4.69, 9.17) is 9.47 Å². The summed E-state index contributed by atoms with van der Waals surface area (Å²) in [6, 6.07) is 17.9. The van der Waals surface area contributed by atoms with Crippen LogP contribution in [-0.4, -0.2) is 38.3 Å². The van der Waals surface area contributed by atoms with Gasteiger partial charge >= 0.3 is 0 Å². The first-order valence-electron chi connectivity index (χ1n) is 9.18. The number of carbonyl (C=O) groups is 1. The van der Waals surface area contributed by atoms with Crippen molar-refractivity contribution < 1.29 is 14.3 Å². The monoisotopic (exact) mass is 354 g/mol.